The van der Waals surface area contributed by atoms with Crippen molar-refractivity contribution in [1.29, 1.82) is 0 Å². The van der Waals surface area contributed by atoms with Crippen LogP contribution >= 0.6 is 12.2 Å². The normalized spacial score (nSPS) is 25.7. The molecule has 6 heteroatoms. The minimum atomic E-state index is -2.83. The summed E-state index contributed by atoms with van der Waals surface area (Å²) in [4.78, 5) is 1.98. The Bertz CT molecular complexity index is 349. The highest BCUT2D eigenvalue weighted by atomic mass is 32.2. The SMILES string of the molecule is O=S1(=O)CCCN(C(=S)NC2CC2)CC1. The molecule has 0 spiro atoms. The third-order valence-electron chi connectivity index (χ3n) is 2.75. The van der Waals surface area contributed by atoms with E-state index in [4.69, 9.17) is 12.2 Å². The van der Waals surface area contributed by atoms with Crippen molar-refractivity contribution in [1.82, 2.24) is 10.2 Å². The predicted molar refractivity (Wildman–Crippen MR) is 63.6 cm³/mol. The highest BCUT2D eigenvalue weighted by molar-refractivity contribution is 7.91. The Morgan fingerprint density at radius 3 is 2.67 bits per heavy atom. The number of thiocarbonyl (C=S) groups is 1. The molecule has 0 aromatic heterocycles. The van der Waals surface area contributed by atoms with Gasteiger partial charge in [-0.3, -0.25) is 0 Å². The van der Waals surface area contributed by atoms with Crippen molar-refractivity contribution >= 4 is 27.2 Å². The largest absolute Gasteiger partial charge is 0.360 e. The summed E-state index contributed by atoms with van der Waals surface area (Å²) >= 11 is 5.25. The van der Waals surface area contributed by atoms with E-state index < -0.39 is 9.84 Å². The fourth-order valence-corrected chi connectivity index (χ4v) is 3.26. The first-order valence-corrected chi connectivity index (χ1v) is 7.56. The summed E-state index contributed by atoms with van der Waals surface area (Å²) < 4.78 is 22.8. The standard InChI is InChI=1S/C9H16N2O2S2/c12-15(13)6-1-4-11(5-7-15)9(14)10-8-2-3-8/h8H,1-7H2,(H,10,14). The van der Waals surface area contributed by atoms with Gasteiger partial charge in [0.25, 0.3) is 0 Å². The second kappa shape index (κ2) is 4.25. The third kappa shape index (κ3) is 3.31. The van der Waals surface area contributed by atoms with Gasteiger partial charge in [0.05, 0.1) is 11.5 Å². The third-order valence-corrected chi connectivity index (χ3v) is 4.84. The van der Waals surface area contributed by atoms with Gasteiger partial charge in [-0.2, -0.15) is 0 Å². The minimum Gasteiger partial charge on any atom is -0.360 e. The number of hydrogen-bond donors (Lipinski definition) is 1. The van der Waals surface area contributed by atoms with Gasteiger partial charge < -0.3 is 10.2 Å². The maximum atomic E-state index is 11.4. The van der Waals surface area contributed by atoms with Crippen molar-refractivity contribution in [2.24, 2.45) is 0 Å². The second-order valence-electron chi connectivity index (χ2n) is 4.22. The molecule has 1 N–H and O–H groups in total. The molecule has 1 saturated carbocycles. The quantitative estimate of drug-likeness (QED) is 0.669. The van der Waals surface area contributed by atoms with Crippen molar-refractivity contribution in [2.45, 2.75) is 25.3 Å². The molecule has 2 rings (SSSR count). The molecule has 4 nitrogen and oxygen atoms in total. The lowest BCUT2D eigenvalue weighted by molar-refractivity contribution is 0.441. The number of nitrogens with one attached hydrogen (secondary N) is 1. The molecular weight excluding hydrogens is 232 g/mol. The Kier molecular flexibility index (Phi) is 3.16. The van der Waals surface area contributed by atoms with Crippen molar-refractivity contribution in [2.75, 3.05) is 24.6 Å². The second-order valence-corrected chi connectivity index (χ2v) is 6.91. The summed E-state index contributed by atoms with van der Waals surface area (Å²) in [5.74, 6) is 0.537. The molecule has 86 valence electrons. The van der Waals surface area contributed by atoms with Crippen molar-refractivity contribution in [3.63, 3.8) is 0 Å². The molecule has 1 heterocycles. The molecule has 1 aliphatic heterocycles. The van der Waals surface area contributed by atoms with E-state index in [-0.39, 0.29) is 5.75 Å². The van der Waals surface area contributed by atoms with Crippen molar-refractivity contribution in [3.05, 3.63) is 0 Å². The van der Waals surface area contributed by atoms with Gasteiger partial charge in [-0.25, -0.2) is 8.42 Å². The minimum absolute atomic E-state index is 0.236. The van der Waals surface area contributed by atoms with Crippen molar-refractivity contribution in [3.8, 4) is 0 Å². The molecule has 1 saturated heterocycles. The maximum absolute atomic E-state index is 11.4. The van der Waals surface area contributed by atoms with Crippen LogP contribution in [0.4, 0.5) is 0 Å². The summed E-state index contributed by atoms with van der Waals surface area (Å²) in [6, 6.07) is 0.539. The molecule has 0 bridgehead atoms. The molecular formula is C9H16N2O2S2. The first kappa shape index (κ1) is 11.1. The highest BCUT2D eigenvalue weighted by Gasteiger charge is 2.25. The van der Waals surface area contributed by atoms with Crippen LogP contribution in [-0.2, 0) is 9.84 Å². The first-order valence-electron chi connectivity index (χ1n) is 5.33. The lowest BCUT2D eigenvalue weighted by atomic mass is 10.4. The molecule has 2 fully saturated rings. The van der Waals surface area contributed by atoms with E-state index in [0.29, 0.717) is 24.8 Å². The Morgan fingerprint density at radius 2 is 2.00 bits per heavy atom. The van der Waals surface area contributed by atoms with Gasteiger partial charge in [0, 0.05) is 19.1 Å². The van der Waals surface area contributed by atoms with Crippen LogP contribution in [-0.4, -0.2) is 49.1 Å². The molecule has 0 amide bonds. The fraction of sp³-hybridized carbons (Fsp3) is 0.889. The fourth-order valence-electron chi connectivity index (χ4n) is 1.64. The number of sulfone groups is 1. The van der Waals surface area contributed by atoms with Gasteiger partial charge in [0.2, 0.25) is 0 Å². The zero-order valence-corrected chi connectivity index (χ0v) is 10.2. The van der Waals surface area contributed by atoms with Gasteiger partial charge in [-0.15, -0.1) is 0 Å². The van der Waals surface area contributed by atoms with E-state index in [1.54, 1.807) is 0 Å². The van der Waals surface area contributed by atoms with E-state index >= 15 is 0 Å². The van der Waals surface area contributed by atoms with Gasteiger partial charge >= 0.3 is 0 Å². The molecule has 0 aromatic carbocycles. The topological polar surface area (TPSA) is 49.4 Å². The molecule has 0 aromatic rings. The number of hydrogen-bond acceptors (Lipinski definition) is 3. The average molecular weight is 248 g/mol. The monoisotopic (exact) mass is 248 g/mol. The number of rotatable bonds is 1. The lowest BCUT2D eigenvalue weighted by Crippen LogP contribution is -2.42. The van der Waals surface area contributed by atoms with Gasteiger partial charge in [-0.05, 0) is 31.5 Å². The van der Waals surface area contributed by atoms with Crippen LogP contribution in [0.2, 0.25) is 0 Å². The Balaban J connectivity index is 1.89. The number of nitrogens with zero attached hydrogens (tertiary/aromatic N) is 1. The van der Waals surface area contributed by atoms with Crippen LogP contribution in [0.25, 0.3) is 0 Å². The molecule has 15 heavy (non-hydrogen) atoms. The average Bonchev–Trinajstić information content (AvgIpc) is 2.93. The first-order chi connectivity index (χ1) is 7.07. The maximum Gasteiger partial charge on any atom is 0.169 e. The summed E-state index contributed by atoms with van der Waals surface area (Å²) in [6.45, 7) is 1.30. The Hall–Kier alpha value is -0.360. The molecule has 0 unspecified atom stereocenters. The van der Waals surface area contributed by atoms with Crippen molar-refractivity contribution < 1.29 is 8.42 Å². The van der Waals surface area contributed by atoms with Crippen LogP contribution in [0, 0.1) is 0 Å². The zero-order valence-electron chi connectivity index (χ0n) is 8.61. The Labute approximate surface area is 95.9 Å². The predicted octanol–water partition coefficient (Wildman–Crippen LogP) is 0.144. The highest BCUT2D eigenvalue weighted by Crippen LogP contribution is 2.19. The Morgan fingerprint density at radius 1 is 1.27 bits per heavy atom. The summed E-state index contributed by atoms with van der Waals surface area (Å²) in [5, 5.41) is 3.97. The van der Waals surface area contributed by atoms with E-state index in [9.17, 15) is 8.42 Å². The van der Waals surface area contributed by atoms with Crippen LogP contribution in [0.5, 0.6) is 0 Å². The van der Waals surface area contributed by atoms with Crippen LogP contribution < -0.4 is 5.32 Å². The van der Waals surface area contributed by atoms with E-state index in [0.717, 1.165) is 11.7 Å². The zero-order chi connectivity index (χ0) is 10.9. The van der Waals surface area contributed by atoms with Crippen LogP contribution in [0.3, 0.4) is 0 Å². The molecule has 1 aliphatic carbocycles. The lowest BCUT2D eigenvalue weighted by Gasteiger charge is -2.23. The summed E-state index contributed by atoms with van der Waals surface area (Å²) in [7, 11) is -2.83. The van der Waals surface area contributed by atoms with Crippen LogP contribution in [0.1, 0.15) is 19.3 Å². The van der Waals surface area contributed by atoms with E-state index in [1.165, 1.54) is 12.8 Å². The summed E-state index contributed by atoms with van der Waals surface area (Å²) in [6.07, 6.45) is 3.06. The van der Waals surface area contributed by atoms with Gasteiger partial charge in [-0.1, -0.05) is 0 Å². The molecule has 2 aliphatic rings. The van der Waals surface area contributed by atoms with E-state index in [1.807, 2.05) is 4.90 Å². The molecule has 0 atom stereocenters. The van der Waals surface area contributed by atoms with E-state index in [2.05, 4.69) is 5.32 Å². The molecule has 0 radical (unpaired) electrons. The van der Waals surface area contributed by atoms with Crippen LogP contribution in [0.15, 0.2) is 0 Å². The summed E-state index contributed by atoms with van der Waals surface area (Å²) in [5.41, 5.74) is 0. The van der Waals surface area contributed by atoms with Gasteiger partial charge in [0.15, 0.2) is 14.9 Å². The van der Waals surface area contributed by atoms with Gasteiger partial charge in [0.1, 0.15) is 0 Å². The smallest absolute Gasteiger partial charge is 0.169 e.